The van der Waals surface area contributed by atoms with Gasteiger partial charge >= 0.3 is 0 Å². The molecule has 0 heterocycles. The number of hydrogen-bond donors (Lipinski definition) is 2. The highest BCUT2D eigenvalue weighted by molar-refractivity contribution is 5.80. The van der Waals surface area contributed by atoms with Crippen molar-refractivity contribution in [2.75, 3.05) is 27.2 Å². The van der Waals surface area contributed by atoms with E-state index in [1.54, 1.807) is 14.1 Å². The maximum atomic E-state index is 11.6. The summed E-state index contributed by atoms with van der Waals surface area (Å²) in [4.78, 5) is 17.8. The molecule has 0 aliphatic rings. The van der Waals surface area contributed by atoms with Gasteiger partial charge in [0.25, 0.3) is 5.91 Å². The molecule has 6 nitrogen and oxygen atoms in total. The molecule has 0 aliphatic heterocycles. The normalized spacial score (nSPS) is 12.4. The van der Waals surface area contributed by atoms with Gasteiger partial charge in [0.15, 0.2) is 12.6 Å². The number of ether oxygens (including phenoxy) is 1. The van der Waals surface area contributed by atoms with E-state index in [0.29, 0.717) is 18.3 Å². The van der Waals surface area contributed by atoms with Gasteiger partial charge in [0, 0.05) is 26.7 Å². The molecule has 1 amide bonds. The maximum absolute atomic E-state index is 11.6. The highest BCUT2D eigenvalue weighted by Crippen LogP contribution is 2.14. The number of aliphatic imine (C=N–C) groups is 1. The highest BCUT2D eigenvalue weighted by atomic mass is 16.5. The monoisotopic (exact) mass is 376 g/mol. The molecule has 152 valence electrons. The Morgan fingerprint density at radius 3 is 2.70 bits per heavy atom. The van der Waals surface area contributed by atoms with Gasteiger partial charge < -0.3 is 20.3 Å². The van der Waals surface area contributed by atoms with Crippen molar-refractivity contribution in [2.45, 2.75) is 59.0 Å². The van der Waals surface area contributed by atoms with Gasteiger partial charge in [0.1, 0.15) is 5.75 Å². The summed E-state index contributed by atoms with van der Waals surface area (Å²) in [5.74, 6) is 1.45. The van der Waals surface area contributed by atoms with Crippen LogP contribution in [0.25, 0.3) is 0 Å². The lowest BCUT2D eigenvalue weighted by atomic mass is 10.1. The van der Waals surface area contributed by atoms with Crippen LogP contribution in [0.4, 0.5) is 0 Å². The van der Waals surface area contributed by atoms with Crippen molar-refractivity contribution in [3.63, 3.8) is 0 Å². The summed E-state index contributed by atoms with van der Waals surface area (Å²) in [5, 5.41) is 6.77. The summed E-state index contributed by atoms with van der Waals surface area (Å²) >= 11 is 0. The van der Waals surface area contributed by atoms with Crippen LogP contribution in [-0.2, 0) is 11.3 Å². The van der Waals surface area contributed by atoms with Crippen molar-refractivity contribution in [1.29, 1.82) is 0 Å². The number of likely N-dealkylation sites (N-methyl/N-ethyl adjacent to an activating group) is 1. The fraction of sp³-hybridized carbons (Fsp3) is 0.619. The molecule has 0 aromatic heterocycles. The standard InChI is InChI=1S/C21H36N4O2/c1-6-8-9-11-17(3)24-21(22-7-2)23-15-18-12-10-13-19(14-18)27-16-20(26)25(4)5/h10,12-14,17H,6-9,11,15-16H2,1-5H3,(H2,22,23,24). The van der Waals surface area contributed by atoms with Gasteiger partial charge in [0.05, 0.1) is 6.54 Å². The van der Waals surface area contributed by atoms with Crippen LogP contribution >= 0.6 is 0 Å². The van der Waals surface area contributed by atoms with Crippen LogP contribution in [0, 0.1) is 0 Å². The Morgan fingerprint density at radius 1 is 1.26 bits per heavy atom. The zero-order valence-corrected chi connectivity index (χ0v) is 17.5. The molecule has 1 aromatic carbocycles. The Labute approximate surface area is 164 Å². The lowest BCUT2D eigenvalue weighted by Gasteiger charge is -2.17. The Morgan fingerprint density at radius 2 is 2.04 bits per heavy atom. The lowest BCUT2D eigenvalue weighted by molar-refractivity contribution is -0.130. The molecule has 0 aliphatic carbocycles. The van der Waals surface area contributed by atoms with Crippen LogP contribution in [-0.4, -0.2) is 50.1 Å². The molecular weight excluding hydrogens is 340 g/mol. The lowest BCUT2D eigenvalue weighted by Crippen LogP contribution is -2.42. The SMILES string of the molecule is CCCCCC(C)NC(=NCc1cccc(OCC(=O)N(C)C)c1)NCC. The number of hydrogen-bond acceptors (Lipinski definition) is 3. The number of unbranched alkanes of at least 4 members (excludes halogenated alkanes) is 2. The van der Waals surface area contributed by atoms with Gasteiger partial charge in [-0.2, -0.15) is 0 Å². The first kappa shape index (κ1) is 22.8. The molecule has 1 unspecified atom stereocenters. The largest absolute Gasteiger partial charge is 0.484 e. The number of carbonyl (C=O) groups is 1. The summed E-state index contributed by atoms with van der Waals surface area (Å²) in [5.41, 5.74) is 1.04. The molecule has 0 saturated heterocycles. The number of guanidine groups is 1. The minimum atomic E-state index is -0.0610. The molecule has 0 radical (unpaired) electrons. The van der Waals surface area contributed by atoms with Crippen molar-refractivity contribution in [2.24, 2.45) is 4.99 Å². The van der Waals surface area contributed by atoms with Gasteiger partial charge in [-0.3, -0.25) is 4.79 Å². The van der Waals surface area contributed by atoms with Gasteiger partial charge in [-0.25, -0.2) is 4.99 Å². The summed E-state index contributed by atoms with van der Waals surface area (Å²) in [6.45, 7) is 7.89. The summed E-state index contributed by atoms with van der Waals surface area (Å²) < 4.78 is 5.57. The predicted molar refractivity (Wildman–Crippen MR) is 112 cm³/mol. The maximum Gasteiger partial charge on any atom is 0.259 e. The fourth-order valence-corrected chi connectivity index (χ4v) is 2.50. The third-order valence-electron chi connectivity index (χ3n) is 4.15. The molecule has 0 fully saturated rings. The fourth-order valence-electron chi connectivity index (χ4n) is 2.50. The zero-order valence-electron chi connectivity index (χ0n) is 17.5. The van der Waals surface area contributed by atoms with E-state index >= 15 is 0 Å². The van der Waals surface area contributed by atoms with E-state index in [2.05, 4.69) is 36.4 Å². The summed E-state index contributed by atoms with van der Waals surface area (Å²) in [6.07, 6.45) is 4.87. The molecule has 1 rings (SSSR count). The average Bonchev–Trinajstić information content (AvgIpc) is 2.65. The van der Waals surface area contributed by atoms with E-state index in [9.17, 15) is 4.79 Å². The van der Waals surface area contributed by atoms with Gasteiger partial charge in [-0.1, -0.05) is 38.3 Å². The predicted octanol–water partition coefficient (Wildman–Crippen LogP) is 3.18. The number of nitrogens with zero attached hydrogens (tertiary/aromatic N) is 2. The summed E-state index contributed by atoms with van der Waals surface area (Å²) in [7, 11) is 3.44. The van der Waals surface area contributed by atoms with E-state index in [1.165, 1.54) is 24.2 Å². The van der Waals surface area contributed by atoms with Gasteiger partial charge in [0.2, 0.25) is 0 Å². The first-order valence-electron chi connectivity index (χ1n) is 9.93. The van der Waals surface area contributed by atoms with Crippen molar-refractivity contribution >= 4 is 11.9 Å². The topological polar surface area (TPSA) is 66.0 Å². The van der Waals surface area contributed by atoms with Crippen molar-refractivity contribution < 1.29 is 9.53 Å². The molecule has 0 saturated carbocycles. The highest BCUT2D eigenvalue weighted by Gasteiger charge is 2.07. The second kappa shape index (κ2) is 13.0. The van der Waals surface area contributed by atoms with Crippen LogP contribution < -0.4 is 15.4 Å². The molecule has 1 aromatic rings. The second-order valence-corrected chi connectivity index (χ2v) is 6.96. The Hall–Kier alpha value is -2.24. The number of rotatable bonds is 11. The molecule has 0 bridgehead atoms. The van der Waals surface area contributed by atoms with Crippen LogP contribution in [0.2, 0.25) is 0 Å². The summed E-state index contributed by atoms with van der Waals surface area (Å²) in [6, 6.07) is 8.11. The third-order valence-corrected chi connectivity index (χ3v) is 4.15. The van der Waals surface area contributed by atoms with Crippen LogP contribution in [0.3, 0.4) is 0 Å². The minimum absolute atomic E-state index is 0.0409. The molecular formula is C21H36N4O2. The quantitative estimate of drug-likeness (QED) is 0.354. The molecule has 6 heteroatoms. The van der Waals surface area contributed by atoms with Gasteiger partial charge in [-0.15, -0.1) is 0 Å². The van der Waals surface area contributed by atoms with E-state index in [-0.39, 0.29) is 12.5 Å². The average molecular weight is 377 g/mol. The third kappa shape index (κ3) is 9.87. The Kier molecular flexibility index (Phi) is 11.0. The molecule has 27 heavy (non-hydrogen) atoms. The van der Waals surface area contributed by atoms with Gasteiger partial charge in [-0.05, 0) is 38.0 Å². The Balaban J connectivity index is 2.62. The van der Waals surface area contributed by atoms with Crippen molar-refractivity contribution in [3.05, 3.63) is 29.8 Å². The van der Waals surface area contributed by atoms with E-state index < -0.39 is 0 Å². The number of carbonyl (C=O) groups excluding carboxylic acids is 1. The number of nitrogens with one attached hydrogen (secondary N) is 2. The van der Waals surface area contributed by atoms with E-state index in [0.717, 1.165) is 24.5 Å². The van der Waals surface area contributed by atoms with E-state index in [4.69, 9.17) is 4.74 Å². The molecule has 0 spiro atoms. The van der Waals surface area contributed by atoms with Crippen molar-refractivity contribution in [3.8, 4) is 5.75 Å². The molecule has 2 N–H and O–H groups in total. The first-order valence-corrected chi connectivity index (χ1v) is 9.93. The van der Waals surface area contributed by atoms with Crippen LogP contribution in [0.1, 0.15) is 52.0 Å². The zero-order chi connectivity index (χ0) is 20.1. The second-order valence-electron chi connectivity index (χ2n) is 6.96. The van der Waals surface area contributed by atoms with Crippen molar-refractivity contribution in [1.82, 2.24) is 15.5 Å². The van der Waals surface area contributed by atoms with Crippen LogP contribution in [0.5, 0.6) is 5.75 Å². The van der Waals surface area contributed by atoms with E-state index in [1.807, 2.05) is 24.3 Å². The number of benzene rings is 1. The first-order chi connectivity index (χ1) is 13.0. The van der Waals surface area contributed by atoms with Crippen LogP contribution in [0.15, 0.2) is 29.3 Å². The minimum Gasteiger partial charge on any atom is -0.484 e. The molecule has 1 atom stereocenters. The number of amides is 1. The smallest absolute Gasteiger partial charge is 0.259 e. The Bertz CT molecular complexity index is 587.